The minimum absolute atomic E-state index is 0.101. The summed E-state index contributed by atoms with van der Waals surface area (Å²) >= 11 is 0. The lowest BCUT2D eigenvalue weighted by Gasteiger charge is -2.28. The molecule has 136 valence electrons. The van der Waals surface area contributed by atoms with Crippen LogP contribution in [0.4, 0.5) is 0 Å². The molecule has 0 bridgehead atoms. The Bertz CT molecular complexity index is 911. The highest BCUT2D eigenvalue weighted by atomic mass is 16.1. The van der Waals surface area contributed by atoms with Crippen molar-refractivity contribution in [3.8, 4) is 11.3 Å². The fraction of sp³-hybridized carbons (Fsp3) is 0.238. The number of fused-ring (bicyclic) bond motifs is 1. The molecule has 6 nitrogen and oxygen atoms in total. The van der Waals surface area contributed by atoms with Crippen LogP contribution in [-0.2, 0) is 13.0 Å². The van der Waals surface area contributed by atoms with E-state index in [1.54, 1.807) is 24.7 Å². The average Bonchev–Trinajstić information content (AvgIpc) is 2.74. The van der Waals surface area contributed by atoms with Gasteiger partial charge in [0.05, 0.1) is 11.3 Å². The number of rotatable bonds is 5. The molecular formula is C21H21N5O. The number of amides is 1. The van der Waals surface area contributed by atoms with Crippen LogP contribution in [0.2, 0.25) is 0 Å². The molecule has 0 fully saturated rings. The maximum atomic E-state index is 12.3. The fourth-order valence-electron chi connectivity index (χ4n) is 3.30. The van der Waals surface area contributed by atoms with E-state index in [1.165, 1.54) is 17.5 Å². The zero-order valence-electron chi connectivity index (χ0n) is 15.0. The van der Waals surface area contributed by atoms with Gasteiger partial charge in [-0.1, -0.05) is 24.3 Å². The first-order chi connectivity index (χ1) is 13.3. The summed E-state index contributed by atoms with van der Waals surface area (Å²) in [7, 11) is 0. The normalized spacial score (nSPS) is 13.8. The largest absolute Gasteiger partial charge is 0.351 e. The molecule has 4 rings (SSSR count). The second-order valence-electron chi connectivity index (χ2n) is 6.61. The predicted molar refractivity (Wildman–Crippen MR) is 103 cm³/mol. The van der Waals surface area contributed by atoms with Crippen LogP contribution in [-0.4, -0.2) is 45.4 Å². The minimum Gasteiger partial charge on any atom is -0.351 e. The van der Waals surface area contributed by atoms with Gasteiger partial charge in [0.1, 0.15) is 6.33 Å². The Labute approximate surface area is 158 Å². The van der Waals surface area contributed by atoms with Crippen LogP contribution < -0.4 is 5.32 Å². The van der Waals surface area contributed by atoms with E-state index in [-0.39, 0.29) is 5.91 Å². The van der Waals surface area contributed by atoms with E-state index in [9.17, 15) is 4.79 Å². The number of carbonyl (C=O) groups is 1. The van der Waals surface area contributed by atoms with Crippen LogP contribution >= 0.6 is 0 Å². The van der Waals surface area contributed by atoms with Crippen molar-refractivity contribution in [3.05, 3.63) is 78.0 Å². The predicted octanol–water partition coefficient (Wildman–Crippen LogP) is 2.33. The zero-order valence-corrected chi connectivity index (χ0v) is 15.0. The number of aromatic nitrogens is 3. The molecule has 1 aliphatic heterocycles. The van der Waals surface area contributed by atoms with Crippen LogP contribution in [0.3, 0.4) is 0 Å². The van der Waals surface area contributed by atoms with Crippen LogP contribution in [0, 0.1) is 0 Å². The van der Waals surface area contributed by atoms with E-state index < -0.39 is 0 Å². The lowest BCUT2D eigenvalue weighted by atomic mass is 10.00. The SMILES string of the molecule is O=C(NCCN1CCc2ccccc2C1)c1ccc(-c2cncnc2)nc1. The second-order valence-corrected chi connectivity index (χ2v) is 6.61. The molecule has 0 saturated heterocycles. The van der Waals surface area contributed by atoms with Crippen molar-refractivity contribution in [2.24, 2.45) is 0 Å². The topological polar surface area (TPSA) is 71.0 Å². The molecule has 1 amide bonds. The summed E-state index contributed by atoms with van der Waals surface area (Å²) in [4.78, 5) is 27.0. The molecule has 3 aromatic rings. The quantitative estimate of drug-likeness (QED) is 0.757. The highest BCUT2D eigenvalue weighted by molar-refractivity contribution is 5.94. The van der Waals surface area contributed by atoms with Gasteiger partial charge < -0.3 is 5.32 Å². The molecule has 0 aliphatic carbocycles. The first kappa shape index (κ1) is 17.3. The molecule has 0 spiro atoms. The summed E-state index contributed by atoms with van der Waals surface area (Å²) < 4.78 is 0. The highest BCUT2D eigenvalue weighted by Crippen LogP contribution is 2.18. The fourth-order valence-corrected chi connectivity index (χ4v) is 3.30. The van der Waals surface area contributed by atoms with Gasteiger partial charge in [-0.25, -0.2) is 9.97 Å². The molecule has 3 heterocycles. The van der Waals surface area contributed by atoms with Gasteiger partial charge in [0, 0.05) is 50.3 Å². The van der Waals surface area contributed by atoms with Crippen molar-refractivity contribution < 1.29 is 4.79 Å². The minimum atomic E-state index is -0.101. The van der Waals surface area contributed by atoms with Gasteiger partial charge in [-0.2, -0.15) is 0 Å². The number of nitrogens with one attached hydrogen (secondary N) is 1. The second kappa shape index (κ2) is 8.05. The number of hydrogen-bond donors (Lipinski definition) is 1. The molecule has 0 saturated carbocycles. The molecule has 0 unspecified atom stereocenters. The van der Waals surface area contributed by atoms with Crippen molar-refractivity contribution in [2.75, 3.05) is 19.6 Å². The lowest BCUT2D eigenvalue weighted by Crippen LogP contribution is -2.37. The Hall–Kier alpha value is -3.12. The third-order valence-corrected chi connectivity index (χ3v) is 4.81. The molecule has 0 atom stereocenters. The van der Waals surface area contributed by atoms with Crippen LogP contribution in [0.5, 0.6) is 0 Å². The molecule has 1 aliphatic rings. The standard InChI is InChI=1S/C21H21N5O/c27-21(17-5-6-20(25-13-17)19-11-22-15-23-12-19)24-8-10-26-9-7-16-3-1-2-4-18(16)14-26/h1-6,11-13,15H,7-10,14H2,(H,24,27). The summed E-state index contributed by atoms with van der Waals surface area (Å²) in [6.07, 6.45) is 7.54. The number of carbonyl (C=O) groups excluding carboxylic acids is 1. The van der Waals surface area contributed by atoms with Gasteiger partial charge in [-0.15, -0.1) is 0 Å². The monoisotopic (exact) mass is 359 g/mol. The summed E-state index contributed by atoms with van der Waals surface area (Å²) in [5, 5.41) is 2.98. The van der Waals surface area contributed by atoms with Gasteiger partial charge in [0.25, 0.3) is 5.91 Å². The van der Waals surface area contributed by atoms with Gasteiger partial charge in [-0.3, -0.25) is 14.7 Å². The van der Waals surface area contributed by atoms with Crippen LogP contribution in [0.25, 0.3) is 11.3 Å². The summed E-state index contributed by atoms with van der Waals surface area (Å²) in [5.74, 6) is -0.101. The lowest BCUT2D eigenvalue weighted by molar-refractivity contribution is 0.0947. The van der Waals surface area contributed by atoms with Crippen molar-refractivity contribution in [2.45, 2.75) is 13.0 Å². The van der Waals surface area contributed by atoms with Crippen molar-refractivity contribution in [1.29, 1.82) is 0 Å². The van der Waals surface area contributed by atoms with E-state index in [2.05, 4.69) is 49.4 Å². The van der Waals surface area contributed by atoms with Crippen LogP contribution in [0.15, 0.2) is 61.3 Å². The molecular weight excluding hydrogens is 338 g/mol. The number of pyridine rings is 1. The maximum absolute atomic E-state index is 12.3. The molecule has 6 heteroatoms. The Balaban J connectivity index is 1.29. The smallest absolute Gasteiger partial charge is 0.252 e. The summed E-state index contributed by atoms with van der Waals surface area (Å²) in [6, 6.07) is 12.2. The first-order valence-electron chi connectivity index (χ1n) is 9.08. The van der Waals surface area contributed by atoms with E-state index >= 15 is 0 Å². The molecule has 0 radical (unpaired) electrons. The first-order valence-corrected chi connectivity index (χ1v) is 9.08. The third-order valence-electron chi connectivity index (χ3n) is 4.81. The van der Waals surface area contributed by atoms with E-state index in [0.717, 1.165) is 37.3 Å². The Morgan fingerprint density at radius 2 is 1.85 bits per heavy atom. The molecule has 1 aromatic carbocycles. The third kappa shape index (κ3) is 4.17. The van der Waals surface area contributed by atoms with Crippen molar-refractivity contribution >= 4 is 5.91 Å². The molecule has 2 aromatic heterocycles. The van der Waals surface area contributed by atoms with Gasteiger partial charge in [0.2, 0.25) is 0 Å². The number of nitrogens with zero attached hydrogens (tertiary/aromatic N) is 4. The van der Waals surface area contributed by atoms with Crippen molar-refractivity contribution in [1.82, 2.24) is 25.2 Å². The Morgan fingerprint density at radius 3 is 2.63 bits per heavy atom. The van der Waals surface area contributed by atoms with Gasteiger partial charge in [0.15, 0.2) is 0 Å². The van der Waals surface area contributed by atoms with Gasteiger partial charge in [-0.05, 0) is 29.7 Å². The van der Waals surface area contributed by atoms with E-state index in [1.807, 2.05) is 6.07 Å². The highest BCUT2D eigenvalue weighted by Gasteiger charge is 2.15. The van der Waals surface area contributed by atoms with E-state index in [0.29, 0.717) is 12.1 Å². The zero-order chi connectivity index (χ0) is 18.5. The van der Waals surface area contributed by atoms with E-state index in [4.69, 9.17) is 0 Å². The van der Waals surface area contributed by atoms with Crippen LogP contribution in [0.1, 0.15) is 21.5 Å². The molecule has 1 N–H and O–H groups in total. The number of benzene rings is 1. The number of hydrogen-bond acceptors (Lipinski definition) is 5. The Kier molecular flexibility index (Phi) is 5.16. The summed E-state index contributed by atoms with van der Waals surface area (Å²) in [6.45, 7) is 3.44. The van der Waals surface area contributed by atoms with Gasteiger partial charge >= 0.3 is 0 Å². The summed E-state index contributed by atoms with van der Waals surface area (Å²) in [5.41, 5.74) is 4.96. The maximum Gasteiger partial charge on any atom is 0.252 e. The Morgan fingerprint density at radius 1 is 1.04 bits per heavy atom. The molecule has 27 heavy (non-hydrogen) atoms. The average molecular weight is 359 g/mol. The van der Waals surface area contributed by atoms with Crippen molar-refractivity contribution in [3.63, 3.8) is 0 Å².